The molecule has 1 saturated carbocycles. The molecule has 1 aliphatic carbocycles. The monoisotopic (exact) mass is 460 g/mol. The van der Waals surface area contributed by atoms with Gasteiger partial charge in [0.05, 0.1) is 15.7 Å². The van der Waals surface area contributed by atoms with Crippen LogP contribution in [-0.2, 0) is 19.5 Å². The normalized spacial score (nSPS) is 17.6. The molecule has 0 radical (unpaired) electrons. The second-order valence-corrected chi connectivity index (χ2v) is 10.9. The quantitative estimate of drug-likeness (QED) is 0.362. The van der Waals surface area contributed by atoms with Crippen LogP contribution in [0.4, 0.5) is 5.82 Å². The number of hydrogen-bond acceptors (Lipinski definition) is 6. The smallest absolute Gasteiger partial charge is 0.152 e. The number of aromatic nitrogens is 3. The Balaban J connectivity index is 1.22. The molecule has 1 aromatic carbocycles. The fourth-order valence-corrected chi connectivity index (χ4v) is 6.34. The first kappa shape index (κ1) is 21.1. The van der Waals surface area contributed by atoms with Crippen LogP contribution in [0.15, 0.2) is 35.7 Å². The van der Waals surface area contributed by atoms with Gasteiger partial charge in [-0.1, -0.05) is 37.6 Å². The maximum atomic E-state index is 6.32. The highest BCUT2D eigenvalue weighted by atomic mass is 32.1. The molecule has 1 aliphatic heterocycles. The molecule has 0 unspecified atom stereocenters. The number of hydrogen-bond donors (Lipinski definition) is 3. The molecule has 172 valence electrons. The summed E-state index contributed by atoms with van der Waals surface area (Å²) < 4.78 is 3.55. The number of aryl methyl sites for hydroxylation is 1. The van der Waals surface area contributed by atoms with Crippen molar-refractivity contribution in [2.45, 2.75) is 58.2 Å². The van der Waals surface area contributed by atoms with Crippen LogP contribution in [0.5, 0.6) is 0 Å². The van der Waals surface area contributed by atoms with Crippen molar-refractivity contribution in [3.8, 4) is 0 Å². The van der Waals surface area contributed by atoms with Crippen molar-refractivity contribution in [2.24, 2.45) is 5.41 Å². The van der Waals surface area contributed by atoms with Gasteiger partial charge < -0.3 is 20.9 Å². The third kappa shape index (κ3) is 3.82. The van der Waals surface area contributed by atoms with Crippen molar-refractivity contribution in [1.82, 2.24) is 25.2 Å². The number of nitrogens with two attached hydrogens (primary N) is 1. The average Bonchev–Trinajstić information content (AvgIpc) is 3.36. The van der Waals surface area contributed by atoms with Gasteiger partial charge >= 0.3 is 0 Å². The van der Waals surface area contributed by atoms with E-state index in [2.05, 4.69) is 56.8 Å². The van der Waals surface area contributed by atoms with E-state index in [0.29, 0.717) is 17.3 Å². The van der Waals surface area contributed by atoms with Crippen molar-refractivity contribution < 1.29 is 0 Å². The lowest BCUT2D eigenvalue weighted by Crippen LogP contribution is -2.64. The highest BCUT2D eigenvalue weighted by Crippen LogP contribution is 2.44. The van der Waals surface area contributed by atoms with E-state index in [1.807, 2.05) is 6.07 Å². The Kier molecular flexibility index (Phi) is 5.35. The van der Waals surface area contributed by atoms with Gasteiger partial charge in [0, 0.05) is 38.6 Å². The number of anilines is 1. The summed E-state index contributed by atoms with van der Waals surface area (Å²) in [6.07, 6.45) is 5.86. The van der Waals surface area contributed by atoms with Crippen LogP contribution >= 0.6 is 11.3 Å². The first-order valence-corrected chi connectivity index (χ1v) is 13.1. The molecule has 2 fully saturated rings. The lowest BCUT2D eigenvalue weighted by atomic mass is 9.61. The van der Waals surface area contributed by atoms with E-state index < -0.39 is 0 Å². The second-order valence-electron chi connectivity index (χ2n) is 9.95. The molecule has 0 amide bonds. The lowest BCUT2D eigenvalue weighted by Gasteiger charge is -2.54. The zero-order valence-corrected chi connectivity index (χ0v) is 20.0. The molecule has 1 spiro atoms. The molecule has 2 aliphatic rings. The molecule has 33 heavy (non-hydrogen) atoms. The zero-order valence-electron chi connectivity index (χ0n) is 19.2. The van der Waals surface area contributed by atoms with Gasteiger partial charge in [-0.15, -0.1) is 11.3 Å². The molecule has 6 nitrogen and oxygen atoms in total. The predicted octanol–water partition coefficient (Wildman–Crippen LogP) is 4.46. The third-order valence-corrected chi connectivity index (χ3v) is 8.37. The van der Waals surface area contributed by atoms with Gasteiger partial charge in [-0.3, -0.25) is 0 Å². The van der Waals surface area contributed by atoms with Crippen LogP contribution in [-0.4, -0.2) is 33.7 Å². The molecule has 7 heteroatoms. The summed E-state index contributed by atoms with van der Waals surface area (Å²) in [7, 11) is 0. The van der Waals surface area contributed by atoms with Crippen LogP contribution in [0.3, 0.4) is 0 Å². The number of thiophene rings is 1. The topological polar surface area (TPSA) is 80.8 Å². The Labute approximate surface area is 198 Å². The van der Waals surface area contributed by atoms with E-state index in [1.54, 1.807) is 11.3 Å². The number of nitrogen functional groups attached to an aromatic ring is 1. The highest BCUT2D eigenvalue weighted by molar-refractivity contribution is 7.18. The number of fused-ring (bicyclic) bond motifs is 3. The number of imidazole rings is 1. The van der Waals surface area contributed by atoms with Crippen molar-refractivity contribution in [3.05, 3.63) is 52.7 Å². The number of rotatable bonds is 8. The standard InChI is InChI=1S/C26H32N6S/c1-2-3-4-21-31-22-23(24-20(9-10-33-24)30-25(22)27)32(21)14-18-7-5-17(6-8-18)13-29-19-11-26(12-19)15-28-16-26/h5-10,19,28-29H,2-4,11-16H2,1H3,(H2,27,30). The first-order valence-electron chi connectivity index (χ1n) is 12.2. The summed E-state index contributed by atoms with van der Waals surface area (Å²) in [4.78, 5) is 9.53. The van der Waals surface area contributed by atoms with E-state index >= 15 is 0 Å². The van der Waals surface area contributed by atoms with Gasteiger partial charge in [0.15, 0.2) is 5.82 Å². The Hall–Kier alpha value is -2.48. The van der Waals surface area contributed by atoms with E-state index in [-0.39, 0.29) is 0 Å². The summed E-state index contributed by atoms with van der Waals surface area (Å²) in [6.45, 7) is 6.39. The fourth-order valence-electron chi connectivity index (χ4n) is 5.46. The SMILES string of the molecule is CCCCc1nc2c(N)nc3ccsc3c2n1Cc1ccc(CNC2CC3(CNC3)C2)cc1. The van der Waals surface area contributed by atoms with Gasteiger partial charge in [-0.2, -0.15) is 0 Å². The Morgan fingerprint density at radius 2 is 1.94 bits per heavy atom. The van der Waals surface area contributed by atoms with E-state index in [9.17, 15) is 0 Å². The lowest BCUT2D eigenvalue weighted by molar-refractivity contribution is 0.0230. The summed E-state index contributed by atoms with van der Waals surface area (Å²) in [5, 5.41) is 9.25. The Morgan fingerprint density at radius 3 is 2.67 bits per heavy atom. The fraction of sp³-hybridized carbons (Fsp3) is 0.462. The van der Waals surface area contributed by atoms with Gasteiger partial charge in [-0.05, 0) is 47.3 Å². The Bertz CT molecular complexity index is 1280. The van der Waals surface area contributed by atoms with Crippen LogP contribution in [0.25, 0.3) is 21.3 Å². The molecule has 6 rings (SSSR count). The minimum Gasteiger partial charge on any atom is -0.382 e. The molecule has 0 bridgehead atoms. The van der Waals surface area contributed by atoms with E-state index in [4.69, 9.17) is 10.7 Å². The second kappa shape index (κ2) is 8.38. The maximum absolute atomic E-state index is 6.32. The third-order valence-electron chi connectivity index (χ3n) is 7.46. The van der Waals surface area contributed by atoms with Crippen LogP contribution in [0.1, 0.15) is 49.6 Å². The van der Waals surface area contributed by atoms with Gasteiger partial charge in [0.2, 0.25) is 0 Å². The molecule has 3 aromatic heterocycles. The van der Waals surface area contributed by atoms with Gasteiger partial charge in [0.25, 0.3) is 0 Å². The predicted molar refractivity (Wildman–Crippen MR) is 137 cm³/mol. The van der Waals surface area contributed by atoms with Crippen LogP contribution < -0.4 is 16.4 Å². The minimum atomic E-state index is 0.532. The molecule has 4 N–H and O–H groups in total. The Morgan fingerprint density at radius 1 is 1.15 bits per heavy atom. The zero-order chi connectivity index (χ0) is 22.4. The average molecular weight is 461 g/mol. The number of nitrogens with zero attached hydrogens (tertiary/aromatic N) is 3. The minimum absolute atomic E-state index is 0.532. The summed E-state index contributed by atoms with van der Waals surface area (Å²) >= 11 is 1.72. The number of benzene rings is 1. The van der Waals surface area contributed by atoms with Crippen LogP contribution in [0.2, 0.25) is 0 Å². The number of pyridine rings is 1. The maximum Gasteiger partial charge on any atom is 0.152 e. The van der Waals surface area contributed by atoms with Gasteiger partial charge in [-0.25, -0.2) is 9.97 Å². The number of nitrogens with one attached hydrogen (secondary N) is 2. The molecular formula is C26H32N6S. The highest BCUT2D eigenvalue weighted by Gasteiger charge is 2.47. The molecular weight excluding hydrogens is 428 g/mol. The van der Waals surface area contributed by atoms with Crippen molar-refractivity contribution in [2.75, 3.05) is 18.8 Å². The van der Waals surface area contributed by atoms with Crippen molar-refractivity contribution >= 4 is 38.4 Å². The molecule has 4 heterocycles. The van der Waals surface area contributed by atoms with Crippen molar-refractivity contribution in [3.63, 3.8) is 0 Å². The van der Waals surface area contributed by atoms with Crippen molar-refractivity contribution in [1.29, 1.82) is 0 Å². The molecule has 1 saturated heterocycles. The summed E-state index contributed by atoms with van der Waals surface area (Å²) in [6, 6.07) is 11.8. The number of unbranched alkanes of at least 4 members (excludes halogenated alkanes) is 1. The summed E-state index contributed by atoms with van der Waals surface area (Å²) in [5.41, 5.74) is 12.5. The largest absolute Gasteiger partial charge is 0.382 e. The molecule has 0 atom stereocenters. The van der Waals surface area contributed by atoms with Gasteiger partial charge in [0.1, 0.15) is 11.3 Å². The van der Waals surface area contributed by atoms with E-state index in [0.717, 1.165) is 54.7 Å². The summed E-state index contributed by atoms with van der Waals surface area (Å²) in [5.74, 6) is 1.64. The van der Waals surface area contributed by atoms with E-state index in [1.165, 1.54) is 41.8 Å². The first-order chi connectivity index (χ1) is 16.1. The molecule has 4 aromatic rings. The van der Waals surface area contributed by atoms with Crippen LogP contribution in [0, 0.1) is 5.41 Å².